The van der Waals surface area contributed by atoms with E-state index in [2.05, 4.69) is 0 Å². The minimum atomic E-state index is -0.332. The Kier molecular flexibility index (Phi) is 2.07. The third-order valence-electron chi connectivity index (χ3n) is 2.39. The molecular weight excluding hydrogens is 166 g/mol. The molecule has 0 radical (unpaired) electrons. The molecule has 0 amide bonds. The Bertz CT molecular complexity index is 284. The van der Waals surface area contributed by atoms with Gasteiger partial charge in [-0.2, -0.15) is 0 Å². The Hall–Kier alpha value is -0.900. The molecule has 1 fully saturated rings. The molecule has 0 aliphatic carbocycles. The van der Waals surface area contributed by atoms with Gasteiger partial charge in [0, 0.05) is 5.56 Å². The van der Waals surface area contributed by atoms with E-state index in [9.17, 15) is 5.21 Å². The van der Waals surface area contributed by atoms with Gasteiger partial charge in [-0.15, -0.1) is 0 Å². The van der Waals surface area contributed by atoms with Crippen LogP contribution in [-0.4, -0.2) is 24.8 Å². The number of ether oxygens (including phenoxy) is 1. The van der Waals surface area contributed by atoms with E-state index in [4.69, 9.17) is 4.74 Å². The van der Waals surface area contributed by atoms with Crippen molar-refractivity contribution in [2.45, 2.75) is 6.23 Å². The smallest absolute Gasteiger partial charge is 0.219 e. The maximum absolute atomic E-state index is 11.8. The number of benzene rings is 1. The first-order valence-corrected chi connectivity index (χ1v) is 4.43. The molecule has 1 aromatic rings. The van der Waals surface area contributed by atoms with Crippen molar-refractivity contribution in [2.75, 3.05) is 20.2 Å². The first-order valence-electron chi connectivity index (χ1n) is 4.43. The van der Waals surface area contributed by atoms with Crippen molar-refractivity contribution >= 4 is 0 Å². The highest BCUT2D eigenvalue weighted by atomic mass is 16.6. The third-order valence-corrected chi connectivity index (χ3v) is 2.39. The van der Waals surface area contributed by atoms with Gasteiger partial charge < -0.3 is 14.6 Å². The summed E-state index contributed by atoms with van der Waals surface area (Å²) in [5.41, 5.74) is 0.970. The van der Waals surface area contributed by atoms with Gasteiger partial charge in [0.05, 0.1) is 7.05 Å². The van der Waals surface area contributed by atoms with E-state index in [0.29, 0.717) is 13.2 Å². The quantitative estimate of drug-likeness (QED) is 0.485. The molecule has 3 heteroatoms. The highest BCUT2D eigenvalue weighted by Crippen LogP contribution is 2.31. The van der Waals surface area contributed by atoms with Crippen molar-refractivity contribution in [3.8, 4) is 0 Å². The summed E-state index contributed by atoms with van der Waals surface area (Å²) in [6, 6.07) is 9.66. The summed E-state index contributed by atoms with van der Waals surface area (Å²) in [5.74, 6) is 0. The largest absolute Gasteiger partial charge is 0.631 e. The number of quaternary nitrogens is 1. The lowest BCUT2D eigenvalue weighted by Crippen LogP contribution is -2.36. The van der Waals surface area contributed by atoms with Crippen LogP contribution in [0, 0.1) is 5.21 Å². The zero-order chi connectivity index (χ0) is 9.31. The molecular formula is C10H13NO2. The predicted octanol–water partition coefficient (Wildman–Crippen LogP) is 1.66. The van der Waals surface area contributed by atoms with Gasteiger partial charge in [0.15, 0.2) is 0 Å². The molecule has 2 atom stereocenters. The second-order valence-electron chi connectivity index (χ2n) is 3.53. The fraction of sp³-hybridized carbons (Fsp3) is 0.400. The summed E-state index contributed by atoms with van der Waals surface area (Å²) in [7, 11) is 1.66. The zero-order valence-corrected chi connectivity index (χ0v) is 7.64. The molecule has 3 nitrogen and oxygen atoms in total. The van der Waals surface area contributed by atoms with Crippen molar-refractivity contribution in [3.63, 3.8) is 0 Å². The van der Waals surface area contributed by atoms with Crippen molar-refractivity contribution in [1.82, 2.24) is 0 Å². The molecule has 2 unspecified atom stereocenters. The van der Waals surface area contributed by atoms with Gasteiger partial charge in [-0.1, -0.05) is 30.3 Å². The molecule has 1 aliphatic heterocycles. The second-order valence-corrected chi connectivity index (χ2v) is 3.53. The lowest BCUT2D eigenvalue weighted by Gasteiger charge is -2.37. The number of hydrogen-bond acceptors (Lipinski definition) is 2. The maximum atomic E-state index is 11.8. The molecule has 0 saturated carbocycles. The number of hydroxylamine groups is 3. The van der Waals surface area contributed by atoms with E-state index in [-0.39, 0.29) is 10.9 Å². The van der Waals surface area contributed by atoms with E-state index in [1.165, 1.54) is 0 Å². The highest BCUT2D eigenvalue weighted by molar-refractivity contribution is 5.16. The predicted molar refractivity (Wildman–Crippen MR) is 49.6 cm³/mol. The molecule has 1 aromatic carbocycles. The van der Waals surface area contributed by atoms with Crippen LogP contribution in [-0.2, 0) is 4.74 Å². The molecule has 0 bridgehead atoms. The number of nitrogens with zero attached hydrogens (tertiary/aromatic N) is 1. The van der Waals surface area contributed by atoms with Crippen molar-refractivity contribution < 1.29 is 9.38 Å². The Morgan fingerprint density at radius 1 is 1.38 bits per heavy atom. The van der Waals surface area contributed by atoms with E-state index in [1.54, 1.807) is 7.05 Å². The van der Waals surface area contributed by atoms with Crippen molar-refractivity contribution in [1.29, 1.82) is 0 Å². The summed E-state index contributed by atoms with van der Waals surface area (Å²) in [6.07, 6.45) is -0.332. The normalized spacial score (nSPS) is 33.5. The summed E-state index contributed by atoms with van der Waals surface area (Å²) >= 11 is 0. The standard InChI is InChI=1S/C10H13NO2/c1-11(12)7-8-13-10(11)9-5-3-2-4-6-9/h2-6,10H,7-8H2,1H3. The first kappa shape index (κ1) is 8.69. The van der Waals surface area contributed by atoms with Crippen molar-refractivity contribution in [2.24, 2.45) is 0 Å². The molecule has 13 heavy (non-hydrogen) atoms. The van der Waals surface area contributed by atoms with Gasteiger partial charge in [0.1, 0.15) is 13.2 Å². The van der Waals surface area contributed by atoms with Crippen molar-refractivity contribution in [3.05, 3.63) is 41.1 Å². The average molecular weight is 179 g/mol. The van der Waals surface area contributed by atoms with Crippen LogP contribution >= 0.6 is 0 Å². The lowest BCUT2D eigenvalue weighted by molar-refractivity contribution is -0.892. The minimum absolute atomic E-state index is 0.315. The van der Waals surface area contributed by atoms with Gasteiger partial charge >= 0.3 is 0 Å². The highest BCUT2D eigenvalue weighted by Gasteiger charge is 2.32. The molecule has 2 rings (SSSR count). The fourth-order valence-corrected chi connectivity index (χ4v) is 1.65. The Morgan fingerprint density at radius 3 is 2.62 bits per heavy atom. The van der Waals surface area contributed by atoms with E-state index in [1.807, 2.05) is 30.3 Å². The number of rotatable bonds is 1. The number of hydrogen-bond donors (Lipinski definition) is 0. The summed E-state index contributed by atoms with van der Waals surface area (Å²) < 4.78 is 5.10. The minimum Gasteiger partial charge on any atom is -0.631 e. The Morgan fingerprint density at radius 2 is 2.08 bits per heavy atom. The molecule has 1 heterocycles. The van der Waals surface area contributed by atoms with Crippen LogP contribution in [0.4, 0.5) is 0 Å². The number of likely N-dealkylation sites (N-methyl/N-ethyl adjacent to an activating group) is 1. The van der Waals surface area contributed by atoms with Crippen LogP contribution < -0.4 is 0 Å². The van der Waals surface area contributed by atoms with E-state index >= 15 is 0 Å². The van der Waals surface area contributed by atoms with Gasteiger partial charge in [0.25, 0.3) is 0 Å². The molecule has 1 aliphatic rings. The van der Waals surface area contributed by atoms with Crippen LogP contribution in [0.25, 0.3) is 0 Å². The lowest BCUT2D eigenvalue weighted by atomic mass is 10.2. The molecule has 70 valence electrons. The monoisotopic (exact) mass is 179 g/mol. The SMILES string of the molecule is C[N+]1([O-])CCOC1c1ccccc1. The van der Waals surface area contributed by atoms with Crippen LogP contribution in [0.5, 0.6) is 0 Å². The molecule has 0 N–H and O–H groups in total. The first-order chi connectivity index (χ1) is 6.20. The van der Waals surface area contributed by atoms with Gasteiger partial charge in [-0.25, -0.2) is 0 Å². The maximum Gasteiger partial charge on any atom is 0.219 e. The van der Waals surface area contributed by atoms with Crippen LogP contribution in [0.1, 0.15) is 11.8 Å². The van der Waals surface area contributed by atoms with Crippen LogP contribution in [0.15, 0.2) is 30.3 Å². The van der Waals surface area contributed by atoms with E-state index < -0.39 is 0 Å². The Balaban J connectivity index is 2.27. The van der Waals surface area contributed by atoms with E-state index in [0.717, 1.165) is 5.56 Å². The molecule has 0 spiro atoms. The van der Waals surface area contributed by atoms with Gasteiger partial charge in [-0.3, -0.25) is 0 Å². The van der Waals surface area contributed by atoms with Crippen LogP contribution in [0.3, 0.4) is 0 Å². The fourth-order valence-electron chi connectivity index (χ4n) is 1.65. The molecule has 0 aromatic heterocycles. The van der Waals surface area contributed by atoms with Gasteiger partial charge in [-0.05, 0) is 0 Å². The summed E-state index contributed by atoms with van der Waals surface area (Å²) in [4.78, 5) is 0. The third kappa shape index (κ3) is 1.58. The zero-order valence-electron chi connectivity index (χ0n) is 7.64. The average Bonchev–Trinajstić information content (AvgIpc) is 2.47. The second kappa shape index (κ2) is 3.10. The summed E-state index contributed by atoms with van der Waals surface area (Å²) in [5, 5.41) is 11.8. The summed E-state index contributed by atoms with van der Waals surface area (Å²) in [6.45, 7) is 1.10. The topological polar surface area (TPSA) is 32.3 Å². The van der Waals surface area contributed by atoms with Crippen LogP contribution in [0.2, 0.25) is 0 Å². The van der Waals surface area contributed by atoms with Gasteiger partial charge in [0.2, 0.25) is 6.23 Å². The molecule has 1 saturated heterocycles. The Labute approximate surface area is 77.7 Å².